The fraction of sp³-hybridized carbons (Fsp3) is 0.320. The van der Waals surface area contributed by atoms with Crippen molar-refractivity contribution in [2.75, 3.05) is 26.2 Å². The van der Waals surface area contributed by atoms with Gasteiger partial charge in [-0.05, 0) is 24.3 Å². The van der Waals surface area contributed by atoms with Gasteiger partial charge in [0.1, 0.15) is 5.69 Å². The van der Waals surface area contributed by atoms with Crippen LogP contribution in [0, 0.1) is 5.41 Å². The van der Waals surface area contributed by atoms with Gasteiger partial charge >= 0.3 is 0 Å². The molecule has 2 amide bonds. The zero-order valence-electron chi connectivity index (χ0n) is 18.6. The van der Waals surface area contributed by atoms with Crippen LogP contribution >= 0.6 is 11.6 Å². The maximum absolute atomic E-state index is 13.5. The van der Waals surface area contributed by atoms with Crippen LogP contribution in [0.5, 0.6) is 0 Å². The minimum Gasteiger partial charge on any atom is -0.339 e. The highest BCUT2D eigenvalue weighted by Gasteiger charge is 2.32. The van der Waals surface area contributed by atoms with E-state index in [-0.39, 0.29) is 11.8 Å². The number of amides is 2. The smallest absolute Gasteiger partial charge is 0.257 e. The molecule has 1 aliphatic rings. The number of nitrogens with zero attached hydrogens (tertiary/aromatic N) is 4. The molecule has 1 aromatic heterocycles. The quantitative estimate of drug-likeness (QED) is 0.589. The van der Waals surface area contributed by atoms with E-state index in [0.29, 0.717) is 42.5 Å². The number of carbonyl (C=O) groups is 2. The highest BCUT2D eigenvalue weighted by Crippen LogP contribution is 2.27. The molecule has 6 nitrogen and oxygen atoms in total. The first-order valence-corrected chi connectivity index (χ1v) is 11.1. The molecule has 2 heterocycles. The lowest BCUT2D eigenvalue weighted by molar-refractivity contribution is -0.140. The lowest BCUT2D eigenvalue weighted by Crippen LogP contribution is -2.53. The Labute approximate surface area is 193 Å². The number of rotatable bonds is 3. The van der Waals surface area contributed by atoms with Crippen molar-refractivity contribution in [3.63, 3.8) is 0 Å². The van der Waals surface area contributed by atoms with Crippen LogP contribution in [0.1, 0.15) is 31.1 Å². The summed E-state index contributed by atoms with van der Waals surface area (Å²) in [6, 6.07) is 17.0. The zero-order valence-corrected chi connectivity index (χ0v) is 19.3. The van der Waals surface area contributed by atoms with Crippen molar-refractivity contribution < 1.29 is 9.59 Å². The molecule has 1 aliphatic heterocycles. The summed E-state index contributed by atoms with van der Waals surface area (Å²) in [4.78, 5) is 29.8. The largest absolute Gasteiger partial charge is 0.339 e. The minimum absolute atomic E-state index is 0.0833. The lowest BCUT2D eigenvalue weighted by Gasteiger charge is -2.37. The van der Waals surface area contributed by atoms with Crippen molar-refractivity contribution in [3.05, 3.63) is 71.4 Å². The fourth-order valence-corrected chi connectivity index (χ4v) is 3.95. The third-order valence-corrected chi connectivity index (χ3v) is 5.83. The molecule has 0 radical (unpaired) electrons. The van der Waals surface area contributed by atoms with Gasteiger partial charge in [-0.1, -0.05) is 62.7 Å². The van der Waals surface area contributed by atoms with E-state index in [9.17, 15) is 9.59 Å². The van der Waals surface area contributed by atoms with Gasteiger partial charge in [0.2, 0.25) is 5.91 Å². The second kappa shape index (κ2) is 8.79. The predicted molar refractivity (Wildman–Crippen MR) is 126 cm³/mol. The Hall–Kier alpha value is -3.12. The summed E-state index contributed by atoms with van der Waals surface area (Å²) in [6.07, 6.45) is 1.79. The molecule has 3 aromatic rings. The molecule has 7 heteroatoms. The maximum atomic E-state index is 13.5. The molecule has 166 valence electrons. The van der Waals surface area contributed by atoms with Crippen LogP contribution in [-0.4, -0.2) is 57.6 Å². The number of hydrogen-bond acceptors (Lipinski definition) is 3. The van der Waals surface area contributed by atoms with Gasteiger partial charge in [0, 0.05) is 48.4 Å². The number of benzene rings is 2. The van der Waals surface area contributed by atoms with Crippen molar-refractivity contribution >= 4 is 23.4 Å². The standard InChI is InChI=1S/C25H27ClN4O2/c1-25(2,3)24(32)29-15-13-28(14-16-29)23(31)21-17-30(20-7-5-4-6-8-20)27-22(21)18-9-11-19(26)12-10-18/h4-12,17H,13-16H2,1-3H3. The number of hydrogen-bond donors (Lipinski definition) is 0. The average molecular weight is 451 g/mol. The average Bonchev–Trinajstić information content (AvgIpc) is 3.24. The molecule has 1 saturated heterocycles. The topological polar surface area (TPSA) is 58.4 Å². The van der Waals surface area contributed by atoms with E-state index in [4.69, 9.17) is 16.7 Å². The summed E-state index contributed by atoms with van der Waals surface area (Å²) >= 11 is 6.06. The Kier molecular flexibility index (Phi) is 6.07. The van der Waals surface area contributed by atoms with E-state index in [1.165, 1.54) is 0 Å². The van der Waals surface area contributed by atoms with Crippen molar-refractivity contribution in [3.8, 4) is 16.9 Å². The number of piperazine rings is 1. The molecule has 0 atom stereocenters. The van der Waals surface area contributed by atoms with Crippen LogP contribution in [0.3, 0.4) is 0 Å². The summed E-state index contributed by atoms with van der Waals surface area (Å²) in [6.45, 7) is 7.82. The molecule has 0 bridgehead atoms. The third-order valence-electron chi connectivity index (χ3n) is 5.58. The first-order valence-electron chi connectivity index (χ1n) is 10.7. The molecular weight excluding hydrogens is 424 g/mol. The van der Waals surface area contributed by atoms with Gasteiger partial charge in [-0.25, -0.2) is 4.68 Å². The molecular formula is C25H27ClN4O2. The molecule has 32 heavy (non-hydrogen) atoms. The van der Waals surface area contributed by atoms with E-state index in [1.807, 2.05) is 68.1 Å². The first-order chi connectivity index (χ1) is 15.2. The molecule has 0 unspecified atom stereocenters. The van der Waals surface area contributed by atoms with Crippen molar-refractivity contribution in [1.82, 2.24) is 19.6 Å². The van der Waals surface area contributed by atoms with Crippen LogP contribution in [0.4, 0.5) is 0 Å². The van der Waals surface area contributed by atoms with Gasteiger partial charge in [0.05, 0.1) is 11.3 Å². The highest BCUT2D eigenvalue weighted by molar-refractivity contribution is 6.30. The molecule has 0 aliphatic carbocycles. The van der Waals surface area contributed by atoms with Gasteiger partial charge in [-0.3, -0.25) is 9.59 Å². The van der Waals surface area contributed by atoms with Crippen molar-refractivity contribution in [2.24, 2.45) is 5.41 Å². The number of halogens is 1. The summed E-state index contributed by atoms with van der Waals surface area (Å²) in [5, 5.41) is 5.36. The summed E-state index contributed by atoms with van der Waals surface area (Å²) in [7, 11) is 0. The van der Waals surface area contributed by atoms with Gasteiger partial charge < -0.3 is 9.80 Å². The number of para-hydroxylation sites is 1. The molecule has 0 spiro atoms. The Bertz CT molecular complexity index is 1110. The van der Waals surface area contributed by atoms with E-state index in [2.05, 4.69) is 0 Å². The van der Waals surface area contributed by atoms with Crippen LogP contribution in [0.25, 0.3) is 16.9 Å². The molecule has 2 aromatic carbocycles. The summed E-state index contributed by atoms with van der Waals surface area (Å²) < 4.78 is 1.73. The second-order valence-corrected chi connectivity index (χ2v) is 9.45. The Morgan fingerprint density at radius 2 is 1.47 bits per heavy atom. The fourth-order valence-electron chi connectivity index (χ4n) is 3.82. The first kappa shape index (κ1) is 22.1. The van der Waals surface area contributed by atoms with E-state index in [0.717, 1.165) is 11.3 Å². The number of aromatic nitrogens is 2. The Morgan fingerprint density at radius 3 is 2.06 bits per heavy atom. The second-order valence-electron chi connectivity index (χ2n) is 9.01. The third kappa shape index (κ3) is 4.55. The van der Waals surface area contributed by atoms with Gasteiger partial charge in [-0.2, -0.15) is 5.10 Å². The molecule has 4 rings (SSSR count). The summed E-state index contributed by atoms with van der Waals surface area (Å²) in [5.74, 6) is 0.0309. The maximum Gasteiger partial charge on any atom is 0.257 e. The predicted octanol–water partition coefficient (Wildman–Crippen LogP) is 4.52. The monoisotopic (exact) mass is 450 g/mol. The molecule has 0 saturated carbocycles. The van der Waals surface area contributed by atoms with E-state index in [1.54, 1.807) is 27.9 Å². The zero-order chi connectivity index (χ0) is 22.9. The van der Waals surface area contributed by atoms with Crippen LogP contribution < -0.4 is 0 Å². The number of carbonyl (C=O) groups excluding carboxylic acids is 2. The lowest BCUT2D eigenvalue weighted by atomic mass is 9.94. The summed E-state index contributed by atoms with van der Waals surface area (Å²) in [5.41, 5.74) is 2.43. The highest BCUT2D eigenvalue weighted by atomic mass is 35.5. The normalized spacial score (nSPS) is 14.5. The molecule has 0 N–H and O–H groups in total. The van der Waals surface area contributed by atoms with E-state index < -0.39 is 5.41 Å². The van der Waals surface area contributed by atoms with Gasteiger partial charge in [0.25, 0.3) is 5.91 Å². The van der Waals surface area contributed by atoms with Crippen LogP contribution in [-0.2, 0) is 4.79 Å². The molecule has 1 fully saturated rings. The SMILES string of the molecule is CC(C)(C)C(=O)N1CCN(C(=O)c2cn(-c3ccccc3)nc2-c2ccc(Cl)cc2)CC1. The van der Waals surface area contributed by atoms with Crippen LogP contribution in [0.2, 0.25) is 5.02 Å². The van der Waals surface area contributed by atoms with Gasteiger partial charge in [-0.15, -0.1) is 0 Å². The van der Waals surface area contributed by atoms with Gasteiger partial charge in [0.15, 0.2) is 0 Å². The van der Waals surface area contributed by atoms with Crippen molar-refractivity contribution in [2.45, 2.75) is 20.8 Å². The van der Waals surface area contributed by atoms with Crippen molar-refractivity contribution in [1.29, 1.82) is 0 Å². The minimum atomic E-state index is -0.426. The van der Waals surface area contributed by atoms with E-state index >= 15 is 0 Å². The Balaban J connectivity index is 1.62. The van der Waals surface area contributed by atoms with Crippen LogP contribution in [0.15, 0.2) is 60.8 Å². The Morgan fingerprint density at radius 1 is 0.875 bits per heavy atom.